The van der Waals surface area contributed by atoms with Crippen molar-refractivity contribution in [2.24, 2.45) is 0 Å². The Morgan fingerprint density at radius 2 is 2.06 bits per heavy atom. The van der Waals surface area contributed by atoms with Crippen LogP contribution >= 0.6 is 11.6 Å². The number of benzene rings is 1. The van der Waals surface area contributed by atoms with Crippen molar-refractivity contribution < 1.29 is 9.13 Å². The Bertz CT molecular complexity index is 536. The predicted octanol–water partition coefficient (Wildman–Crippen LogP) is 2.43. The van der Waals surface area contributed by atoms with Crippen LogP contribution in [0.5, 0.6) is 5.88 Å². The van der Waals surface area contributed by atoms with Crippen LogP contribution in [0.2, 0.25) is 5.02 Å². The highest BCUT2D eigenvalue weighted by molar-refractivity contribution is 6.33. The van der Waals surface area contributed by atoms with Crippen molar-refractivity contribution in [2.75, 3.05) is 5.73 Å². The summed E-state index contributed by atoms with van der Waals surface area (Å²) in [6.45, 7) is 0.0306. The number of ether oxygens (including phenoxy) is 1. The van der Waals surface area contributed by atoms with Gasteiger partial charge in [0.1, 0.15) is 29.6 Å². The molecule has 0 amide bonds. The fraction of sp³-hybridized carbons (Fsp3) is 0.0909. The molecule has 0 saturated heterocycles. The van der Waals surface area contributed by atoms with Gasteiger partial charge in [0.25, 0.3) is 0 Å². The van der Waals surface area contributed by atoms with E-state index in [-0.39, 0.29) is 29.1 Å². The summed E-state index contributed by atoms with van der Waals surface area (Å²) in [7, 11) is 0. The molecule has 0 spiro atoms. The van der Waals surface area contributed by atoms with E-state index in [1.807, 2.05) is 0 Å². The Kier molecular flexibility index (Phi) is 3.39. The van der Waals surface area contributed by atoms with Gasteiger partial charge >= 0.3 is 0 Å². The van der Waals surface area contributed by atoms with Gasteiger partial charge in [0.15, 0.2) is 0 Å². The topological polar surface area (TPSA) is 61.0 Å². The first-order valence-electron chi connectivity index (χ1n) is 4.80. The van der Waals surface area contributed by atoms with Crippen molar-refractivity contribution in [1.29, 1.82) is 0 Å². The van der Waals surface area contributed by atoms with E-state index in [2.05, 4.69) is 9.97 Å². The zero-order valence-corrected chi connectivity index (χ0v) is 9.49. The number of rotatable bonds is 3. The first kappa shape index (κ1) is 11.6. The van der Waals surface area contributed by atoms with Gasteiger partial charge in [-0.05, 0) is 6.07 Å². The third-order valence-corrected chi connectivity index (χ3v) is 2.46. The van der Waals surface area contributed by atoms with Crippen molar-refractivity contribution in [3.8, 4) is 5.88 Å². The van der Waals surface area contributed by atoms with Crippen molar-refractivity contribution in [1.82, 2.24) is 9.97 Å². The Balaban J connectivity index is 2.13. The van der Waals surface area contributed by atoms with Gasteiger partial charge in [-0.3, -0.25) is 0 Å². The van der Waals surface area contributed by atoms with Crippen LogP contribution in [0.25, 0.3) is 0 Å². The smallest absolute Gasteiger partial charge is 0.238 e. The van der Waals surface area contributed by atoms with Crippen LogP contribution in [0.4, 0.5) is 10.2 Å². The molecule has 0 saturated carbocycles. The normalized spacial score (nSPS) is 10.2. The minimum absolute atomic E-state index is 0.0306. The van der Waals surface area contributed by atoms with E-state index in [0.717, 1.165) is 0 Å². The van der Waals surface area contributed by atoms with Crippen molar-refractivity contribution >= 4 is 17.4 Å². The van der Waals surface area contributed by atoms with Gasteiger partial charge in [-0.1, -0.05) is 29.8 Å². The van der Waals surface area contributed by atoms with Gasteiger partial charge in [-0.2, -0.15) is 0 Å². The highest BCUT2D eigenvalue weighted by atomic mass is 35.5. The van der Waals surface area contributed by atoms with Gasteiger partial charge in [-0.25, -0.2) is 14.4 Å². The summed E-state index contributed by atoms with van der Waals surface area (Å²) < 4.78 is 18.6. The molecule has 6 heteroatoms. The summed E-state index contributed by atoms with van der Waals surface area (Å²) >= 11 is 5.83. The standard InChI is InChI=1S/C11H9ClFN3O/c12-9-10(14)15-6-16-11(9)17-5-7-3-1-2-4-8(7)13/h1-4,6H,5H2,(H2,14,15,16). The van der Waals surface area contributed by atoms with Gasteiger partial charge in [0.2, 0.25) is 5.88 Å². The number of nitrogens with two attached hydrogens (primary N) is 1. The van der Waals surface area contributed by atoms with Gasteiger partial charge in [-0.15, -0.1) is 0 Å². The largest absolute Gasteiger partial charge is 0.471 e. The number of nitrogen functional groups attached to an aromatic ring is 1. The van der Waals surface area contributed by atoms with Crippen LogP contribution in [-0.2, 0) is 6.61 Å². The average Bonchev–Trinajstić information content (AvgIpc) is 2.33. The Morgan fingerprint density at radius 3 is 2.82 bits per heavy atom. The second-order valence-electron chi connectivity index (χ2n) is 3.26. The molecule has 0 aliphatic carbocycles. The summed E-state index contributed by atoms with van der Waals surface area (Å²) in [5.41, 5.74) is 5.90. The first-order chi connectivity index (χ1) is 8.18. The van der Waals surface area contributed by atoms with Crippen LogP contribution in [0.15, 0.2) is 30.6 Å². The van der Waals surface area contributed by atoms with Crippen molar-refractivity contribution in [3.63, 3.8) is 0 Å². The van der Waals surface area contributed by atoms with Crippen LogP contribution in [0, 0.1) is 5.82 Å². The molecule has 4 nitrogen and oxygen atoms in total. The monoisotopic (exact) mass is 253 g/mol. The van der Waals surface area contributed by atoms with E-state index in [1.54, 1.807) is 18.2 Å². The van der Waals surface area contributed by atoms with Gasteiger partial charge in [0.05, 0.1) is 0 Å². The summed E-state index contributed by atoms with van der Waals surface area (Å²) in [6, 6.07) is 6.30. The van der Waals surface area contributed by atoms with E-state index in [4.69, 9.17) is 22.1 Å². The zero-order valence-electron chi connectivity index (χ0n) is 8.73. The van der Waals surface area contributed by atoms with Gasteiger partial charge < -0.3 is 10.5 Å². The van der Waals surface area contributed by atoms with Crippen molar-refractivity contribution in [3.05, 3.63) is 47.0 Å². The minimum atomic E-state index is -0.342. The predicted molar refractivity (Wildman–Crippen MR) is 62.2 cm³/mol. The molecule has 0 fully saturated rings. The molecule has 1 aromatic heterocycles. The molecule has 0 atom stereocenters. The van der Waals surface area contributed by atoms with Crippen LogP contribution in [0.1, 0.15) is 5.56 Å². The highest BCUT2D eigenvalue weighted by Gasteiger charge is 2.09. The fourth-order valence-corrected chi connectivity index (χ4v) is 1.38. The molecular formula is C11H9ClFN3O. The molecule has 17 heavy (non-hydrogen) atoms. The SMILES string of the molecule is Nc1ncnc(OCc2ccccc2F)c1Cl. The lowest BCUT2D eigenvalue weighted by atomic mass is 10.2. The number of hydrogen-bond acceptors (Lipinski definition) is 4. The molecule has 88 valence electrons. The Morgan fingerprint density at radius 1 is 1.29 bits per heavy atom. The molecule has 0 unspecified atom stereocenters. The summed E-state index contributed by atoms with van der Waals surface area (Å²) in [5, 5.41) is 0.129. The second-order valence-corrected chi connectivity index (χ2v) is 3.64. The molecule has 2 N–H and O–H groups in total. The quantitative estimate of drug-likeness (QED) is 0.913. The lowest BCUT2D eigenvalue weighted by Gasteiger charge is -2.07. The minimum Gasteiger partial charge on any atom is -0.471 e. The third kappa shape index (κ3) is 2.62. The molecular weight excluding hydrogens is 245 g/mol. The van der Waals surface area contributed by atoms with E-state index in [9.17, 15) is 4.39 Å². The van der Waals surface area contributed by atoms with Gasteiger partial charge in [0, 0.05) is 5.56 Å². The average molecular weight is 254 g/mol. The maximum Gasteiger partial charge on any atom is 0.238 e. The summed E-state index contributed by atoms with van der Waals surface area (Å²) in [6.07, 6.45) is 1.23. The number of anilines is 1. The summed E-state index contributed by atoms with van der Waals surface area (Å²) in [5.74, 6) is -0.0710. The van der Waals surface area contributed by atoms with Crippen LogP contribution in [-0.4, -0.2) is 9.97 Å². The highest BCUT2D eigenvalue weighted by Crippen LogP contribution is 2.26. The molecule has 1 heterocycles. The maximum absolute atomic E-state index is 13.3. The molecule has 1 aromatic carbocycles. The first-order valence-corrected chi connectivity index (χ1v) is 5.18. The summed E-state index contributed by atoms with van der Waals surface area (Å²) in [4.78, 5) is 7.51. The lowest BCUT2D eigenvalue weighted by molar-refractivity contribution is 0.288. The second kappa shape index (κ2) is 4.97. The molecule has 0 aliphatic rings. The van der Waals surface area contributed by atoms with E-state index in [1.165, 1.54) is 12.4 Å². The van der Waals surface area contributed by atoms with E-state index < -0.39 is 0 Å². The number of hydrogen-bond donors (Lipinski definition) is 1. The van der Waals surface area contributed by atoms with Crippen molar-refractivity contribution in [2.45, 2.75) is 6.61 Å². The number of halogens is 2. The number of nitrogens with zero attached hydrogens (tertiary/aromatic N) is 2. The van der Waals surface area contributed by atoms with Crippen LogP contribution < -0.4 is 10.5 Å². The molecule has 0 aliphatic heterocycles. The Labute approximate surface area is 102 Å². The zero-order chi connectivity index (χ0) is 12.3. The molecule has 2 aromatic rings. The molecule has 2 rings (SSSR count). The van der Waals surface area contributed by atoms with E-state index >= 15 is 0 Å². The van der Waals surface area contributed by atoms with Crippen LogP contribution in [0.3, 0.4) is 0 Å². The number of aromatic nitrogens is 2. The molecule has 0 bridgehead atoms. The third-order valence-electron chi connectivity index (χ3n) is 2.11. The maximum atomic E-state index is 13.3. The fourth-order valence-electron chi connectivity index (χ4n) is 1.23. The molecule has 0 radical (unpaired) electrons. The Hall–Kier alpha value is -1.88. The van der Waals surface area contributed by atoms with E-state index in [0.29, 0.717) is 5.56 Å². The lowest BCUT2D eigenvalue weighted by Crippen LogP contribution is -2.02.